The van der Waals surface area contributed by atoms with Crippen molar-refractivity contribution in [3.05, 3.63) is 66.0 Å². The van der Waals surface area contributed by atoms with Crippen molar-refractivity contribution in [2.45, 2.75) is 19.9 Å². The van der Waals surface area contributed by atoms with Crippen LogP contribution in [-0.4, -0.2) is 31.6 Å². The highest BCUT2D eigenvalue weighted by Crippen LogP contribution is 2.19. The van der Waals surface area contributed by atoms with Gasteiger partial charge in [0.1, 0.15) is 0 Å². The number of anilines is 1. The van der Waals surface area contributed by atoms with E-state index in [1.54, 1.807) is 11.0 Å². The second-order valence-electron chi connectivity index (χ2n) is 6.03. The molecule has 0 fully saturated rings. The van der Waals surface area contributed by atoms with Gasteiger partial charge in [-0.3, -0.25) is 4.79 Å². The second-order valence-corrected chi connectivity index (χ2v) is 6.03. The molecule has 0 saturated heterocycles. The SMILES string of the molecule is COc1ccc(/C=C/C(=O)OCC(=O)N(c2ccccc2)C(C)C)cc1F. The van der Waals surface area contributed by atoms with Crippen LogP contribution >= 0.6 is 0 Å². The Morgan fingerprint density at radius 2 is 1.85 bits per heavy atom. The molecule has 0 bridgehead atoms. The quantitative estimate of drug-likeness (QED) is 0.548. The van der Waals surface area contributed by atoms with E-state index in [0.29, 0.717) is 5.56 Å². The van der Waals surface area contributed by atoms with Crippen LogP contribution in [0.2, 0.25) is 0 Å². The normalized spacial score (nSPS) is 10.9. The minimum Gasteiger partial charge on any atom is -0.494 e. The number of benzene rings is 2. The standard InChI is InChI=1S/C21H22FNO4/c1-15(2)23(17-7-5-4-6-8-17)20(24)14-27-21(25)12-10-16-9-11-19(26-3)18(22)13-16/h4-13,15H,14H2,1-3H3/b12-10+. The van der Waals surface area contributed by atoms with Crippen LogP contribution in [0.25, 0.3) is 6.08 Å². The molecular formula is C21H22FNO4. The summed E-state index contributed by atoms with van der Waals surface area (Å²) >= 11 is 0. The molecule has 0 unspecified atom stereocenters. The van der Waals surface area contributed by atoms with Gasteiger partial charge >= 0.3 is 5.97 Å². The van der Waals surface area contributed by atoms with Gasteiger partial charge in [-0.05, 0) is 49.8 Å². The number of halogens is 1. The first-order chi connectivity index (χ1) is 12.9. The molecule has 0 saturated carbocycles. The third kappa shape index (κ3) is 5.67. The Morgan fingerprint density at radius 1 is 1.15 bits per heavy atom. The molecule has 0 atom stereocenters. The fourth-order valence-corrected chi connectivity index (χ4v) is 2.52. The Hall–Kier alpha value is -3.15. The number of amides is 1. The number of hydrogen-bond acceptors (Lipinski definition) is 4. The number of hydrogen-bond donors (Lipinski definition) is 0. The Labute approximate surface area is 158 Å². The zero-order chi connectivity index (χ0) is 19.8. The number of ether oxygens (including phenoxy) is 2. The highest BCUT2D eigenvalue weighted by atomic mass is 19.1. The first-order valence-corrected chi connectivity index (χ1v) is 8.48. The summed E-state index contributed by atoms with van der Waals surface area (Å²) in [6.07, 6.45) is 2.56. The van der Waals surface area contributed by atoms with E-state index in [9.17, 15) is 14.0 Å². The Bertz CT molecular complexity index is 818. The number of para-hydroxylation sites is 1. The summed E-state index contributed by atoms with van der Waals surface area (Å²) in [6, 6.07) is 13.4. The van der Waals surface area contributed by atoms with Crippen LogP contribution in [-0.2, 0) is 14.3 Å². The molecule has 0 aromatic heterocycles. The van der Waals surface area contributed by atoms with Gasteiger partial charge in [-0.1, -0.05) is 24.3 Å². The fourth-order valence-electron chi connectivity index (χ4n) is 2.52. The molecule has 2 aromatic rings. The van der Waals surface area contributed by atoms with Gasteiger partial charge in [-0.2, -0.15) is 0 Å². The molecule has 27 heavy (non-hydrogen) atoms. The predicted octanol–water partition coefficient (Wildman–Crippen LogP) is 3.83. The predicted molar refractivity (Wildman–Crippen MR) is 102 cm³/mol. The smallest absolute Gasteiger partial charge is 0.331 e. The molecule has 1 amide bonds. The van der Waals surface area contributed by atoms with Gasteiger partial charge in [0.05, 0.1) is 7.11 Å². The lowest BCUT2D eigenvalue weighted by Gasteiger charge is -2.26. The molecule has 0 radical (unpaired) electrons. The molecule has 0 aliphatic carbocycles. The van der Waals surface area contributed by atoms with Crippen molar-refractivity contribution in [3.8, 4) is 5.75 Å². The fraction of sp³-hybridized carbons (Fsp3) is 0.238. The van der Waals surface area contributed by atoms with Gasteiger partial charge in [-0.25, -0.2) is 9.18 Å². The molecule has 5 nitrogen and oxygen atoms in total. The molecule has 0 N–H and O–H groups in total. The van der Waals surface area contributed by atoms with Crippen LogP contribution in [0, 0.1) is 5.82 Å². The summed E-state index contributed by atoms with van der Waals surface area (Å²) < 4.78 is 23.5. The minimum atomic E-state index is -0.684. The van der Waals surface area contributed by atoms with E-state index in [1.165, 1.54) is 25.3 Å². The zero-order valence-corrected chi connectivity index (χ0v) is 15.5. The van der Waals surface area contributed by atoms with Crippen LogP contribution in [0.1, 0.15) is 19.4 Å². The van der Waals surface area contributed by atoms with Crippen molar-refractivity contribution in [2.75, 3.05) is 18.6 Å². The average Bonchev–Trinajstić information content (AvgIpc) is 2.65. The van der Waals surface area contributed by atoms with Gasteiger partial charge in [0.15, 0.2) is 18.2 Å². The number of carbonyl (C=O) groups is 2. The number of rotatable bonds is 7. The largest absolute Gasteiger partial charge is 0.494 e. The summed E-state index contributed by atoms with van der Waals surface area (Å²) in [4.78, 5) is 25.9. The minimum absolute atomic E-state index is 0.0866. The van der Waals surface area contributed by atoms with E-state index in [2.05, 4.69) is 0 Å². The molecule has 6 heteroatoms. The van der Waals surface area contributed by atoms with Gasteiger partial charge in [-0.15, -0.1) is 0 Å². The molecule has 0 spiro atoms. The molecule has 2 aromatic carbocycles. The zero-order valence-electron chi connectivity index (χ0n) is 15.5. The average molecular weight is 371 g/mol. The summed E-state index contributed by atoms with van der Waals surface area (Å²) in [5.41, 5.74) is 1.21. The number of carbonyl (C=O) groups excluding carboxylic acids is 2. The van der Waals surface area contributed by atoms with Crippen molar-refractivity contribution in [2.24, 2.45) is 0 Å². The Balaban J connectivity index is 1.95. The van der Waals surface area contributed by atoms with Crippen LogP contribution < -0.4 is 9.64 Å². The van der Waals surface area contributed by atoms with E-state index in [1.807, 2.05) is 44.2 Å². The third-order valence-electron chi connectivity index (χ3n) is 3.75. The summed E-state index contributed by atoms with van der Waals surface area (Å²) in [5, 5.41) is 0. The Morgan fingerprint density at radius 3 is 2.44 bits per heavy atom. The lowest BCUT2D eigenvalue weighted by molar-refractivity contribution is -0.143. The van der Waals surface area contributed by atoms with Gasteiger partial charge in [0.2, 0.25) is 0 Å². The number of methoxy groups -OCH3 is 1. The third-order valence-corrected chi connectivity index (χ3v) is 3.75. The van der Waals surface area contributed by atoms with Crippen molar-refractivity contribution < 1.29 is 23.5 Å². The van der Waals surface area contributed by atoms with E-state index < -0.39 is 11.8 Å². The highest BCUT2D eigenvalue weighted by Gasteiger charge is 2.19. The van der Waals surface area contributed by atoms with E-state index in [0.717, 1.165) is 11.8 Å². The van der Waals surface area contributed by atoms with Crippen molar-refractivity contribution >= 4 is 23.6 Å². The molecule has 142 valence electrons. The topological polar surface area (TPSA) is 55.8 Å². The first kappa shape index (κ1) is 20.2. The van der Waals surface area contributed by atoms with Crippen LogP contribution in [0.5, 0.6) is 5.75 Å². The highest BCUT2D eigenvalue weighted by molar-refractivity contribution is 5.96. The van der Waals surface area contributed by atoms with Gasteiger partial charge in [0, 0.05) is 17.8 Å². The lowest BCUT2D eigenvalue weighted by atomic mass is 10.2. The lowest BCUT2D eigenvalue weighted by Crippen LogP contribution is -2.39. The first-order valence-electron chi connectivity index (χ1n) is 8.48. The monoisotopic (exact) mass is 371 g/mol. The molecule has 0 heterocycles. The maximum atomic E-state index is 13.6. The molecule has 2 rings (SSSR count). The molecule has 0 aliphatic rings. The van der Waals surface area contributed by atoms with Crippen LogP contribution in [0.4, 0.5) is 10.1 Å². The molecule has 0 aliphatic heterocycles. The van der Waals surface area contributed by atoms with Gasteiger partial charge in [0.25, 0.3) is 5.91 Å². The van der Waals surface area contributed by atoms with Crippen LogP contribution in [0.15, 0.2) is 54.6 Å². The molecular weight excluding hydrogens is 349 g/mol. The second kappa shape index (κ2) is 9.52. The van der Waals surface area contributed by atoms with E-state index >= 15 is 0 Å². The summed E-state index contributed by atoms with van der Waals surface area (Å²) in [7, 11) is 1.37. The Kier molecular flexibility index (Phi) is 7.11. The number of nitrogens with zero attached hydrogens (tertiary/aromatic N) is 1. The van der Waals surface area contributed by atoms with Crippen molar-refractivity contribution in [3.63, 3.8) is 0 Å². The van der Waals surface area contributed by atoms with Crippen molar-refractivity contribution in [1.82, 2.24) is 0 Å². The van der Waals surface area contributed by atoms with E-state index in [-0.39, 0.29) is 24.3 Å². The number of esters is 1. The van der Waals surface area contributed by atoms with Crippen LogP contribution in [0.3, 0.4) is 0 Å². The summed E-state index contributed by atoms with van der Waals surface area (Å²) in [5.74, 6) is -1.42. The van der Waals surface area contributed by atoms with E-state index in [4.69, 9.17) is 9.47 Å². The maximum Gasteiger partial charge on any atom is 0.331 e. The van der Waals surface area contributed by atoms with Crippen molar-refractivity contribution in [1.29, 1.82) is 0 Å². The van der Waals surface area contributed by atoms with Gasteiger partial charge < -0.3 is 14.4 Å². The summed E-state index contributed by atoms with van der Waals surface area (Å²) in [6.45, 7) is 3.38. The maximum absolute atomic E-state index is 13.6.